The maximum atomic E-state index is 12.2. The Morgan fingerprint density at radius 3 is 2.58 bits per heavy atom. The molecule has 2 aromatic heterocycles. The number of aromatic nitrogens is 3. The number of aromatic amines is 1. The average molecular weight is 273 g/mol. The van der Waals surface area contributed by atoms with Crippen LogP contribution in [0.3, 0.4) is 0 Å². The molecular weight excluding hydrogens is 262 g/mol. The molecule has 0 atom stereocenters. The molecule has 0 fully saturated rings. The van der Waals surface area contributed by atoms with Gasteiger partial charge in [0.1, 0.15) is 5.75 Å². The van der Waals surface area contributed by atoms with Gasteiger partial charge in [0.05, 0.1) is 16.7 Å². The maximum absolute atomic E-state index is 12.2. The zero-order valence-corrected chi connectivity index (χ0v) is 10.8. The molecule has 0 bridgehead atoms. The molecule has 6 heteroatoms. The molecule has 0 amide bonds. The van der Waals surface area contributed by atoms with E-state index in [2.05, 4.69) is 15.0 Å². The average Bonchev–Trinajstić information content (AvgIpc) is 2.84. The molecule has 0 aliphatic carbocycles. The summed E-state index contributed by atoms with van der Waals surface area (Å²) in [4.78, 5) is 11.0. The van der Waals surface area contributed by atoms with Gasteiger partial charge in [-0.3, -0.25) is 4.98 Å². The quantitative estimate of drug-likeness (QED) is 0.791. The zero-order chi connectivity index (χ0) is 13.3. The van der Waals surface area contributed by atoms with Crippen LogP contribution in [0.25, 0.3) is 11.0 Å². The Bertz CT molecular complexity index is 777. The number of hydrogen-bond donors (Lipinski definition) is 1. The first-order valence-corrected chi connectivity index (χ1v) is 7.38. The van der Waals surface area contributed by atoms with Crippen molar-refractivity contribution in [1.82, 2.24) is 15.0 Å². The minimum atomic E-state index is -3.50. The number of sulfone groups is 1. The molecular formula is C13H11N3O2S. The molecule has 3 aromatic rings. The molecule has 3 rings (SSSR count). The van der Waals surface area contributed by atoms with Crippen molar-refractivity contribution >= 4 is 20.9 Å². The van der Waals surface area contributed by atoms with Gasteiger partial charge in [-0.05, 0) is 24.3 Å². The summed E-state index contributed by atoms with van der Waals surface area (Å²) >= 11 is 0. The first kappa shape index (κ1) is 11.9. The van der Waals surface area contributed by atoms with Crippen molar-refractivity contribution in [2.24, 2.45) is 0 Å². The minimum Gasteiger partial charge on any atom is -0.329 e. The lowest BCUT2D eigenvalue weighted by Gasteiger charge is -1.99. The van der Waals surface area contributed by atoms with Gasteiger partial charge in [0.25, 0.3) is 0 Å². The van der Waals surface area contributed by atoms with Gasteiger partial charge in [-0.1, -0.05) is 18.2 Å². The largest absolute Gasteiger partial charge is 0.329 e. The van der Waals surface area contributed by atoms with E-state index in [9.17, 15) is 8.42 Å². The third-order valence-corrected chi connectivity index (χ3v) is 4.18. The smallest absolute Gasteiger partial charge is 0.226 e. The summed E-state index contributed by atoms with van der Waals surface area (Å²) in [7, 11) is -3.50. The standard InChI is InChI=1S/C13H11N3O2S/c17-19(18,9-10-5-3-4-8-14-10)13-15-11-6-1-2-7-12(11)16-13/h1-8H,9H2,(H,15,16). The topological polar surface area (TPSA) is 75.7 Å². The number of H-pyrrole nitrogens is 1. The van der Waals surface area contributed by atoms with Crippen LogP contribution in [-0.4, -0.2) is 23.4 Å². The van der Waals surface area contributed by atoms with Crippen molar-refractivity contribution in [3.63, 3.8) is 0 Å². The van der Waals surface area contributed by atoms with E-state index in [-0.39, 0.29) is 10.9 Å². The third kappa shape index (κ3) is 2.34. The second-order valence-electron chi connectivity index (χ2n) is 4.14. The fourth-order valence-electron chi connectivity index (χ4n) is 1.82. The highest BCUT2D eigenvalue weighted by atomic mass is 32.2. The van der Waals surface area contributed by atoms with Crippen LogP contribution in [0.15, 0.2) is 53.8 Å². The van der Waals surface area contributed by atoms with Gasteiger partial charge in [0.2, 0.25) is 15.0 Å². The Hall–Kier alpha value is -2.21. The van der Waals surface area contributed by atoms with E-state index in [1.807, 2.05) is 12.1 Å². The van der Waals surface area contributed by atoms with Gasteiger partial charge in [0.15, 0.2) is 0 Å². The molecule has 96 valence electrons. The first-order chi connectivity index (χ1) is 9.15. The van der Waals surface area contributed by atoms with Crippen LogP contribution in [0, 0.1) is 0 Å². The van der Waals surface area contributed by atoms with Gasteiger partial charge in [-0.25, -0.2) is 13.4 Å². The summed E-state index contributed by atoms with van der Waals surface area (Å²) in [5.74, 6) is -0.159. The van der Waals surface area contributed by atoms with Gasteiger partial charge < -0.3 is 4.98 Å². The van der Waals surface area contributed by atoms with Gasteiger partial charge in [-0.15, -0.1) is 0 Å². The Kier molecular flexibility index (Phi) is 2.79. The highest BCUT2D eigenvalue weighted by Gasteiger charge is 2.20. The van der Waals surface area contributed by atoms with Crippen LogP contribution in [0.5, 0.6) is 0 Å². The second kappa shape index (κ2) is 4.47. The number of benzene rings is 1. The van der Waals surface area contributed by atoms with E-state index < -0.39 is 9.84 Å². The van der Waals surface area contributed by atoms with E-state index in [1.54, 1.807) is 36.5 Å². The first-order valence-electron chi connectivity index (χ1n) is 5.72. The fraction of sp³-hybridized carbons (Fsp3) is 0.0769. The predicted octanol–water partition coefficient (Wildman–Crippen LogP) is 1.93. The van der Waals surface area contributed by atoms with E-state index in [1.165, 1.54) is 0 Å². The number of para-hydroxylation sites is 2. The van der Waals surface area contributed by atoms with Gasteiger partial charge >= 0.3 is 0 Å². The molecule has 0 aliphatic heterocycles. The molecule has 0 unspecified atom stereocenters. The van der Waals surface area contributed by atoms with Gasteiger partial charge in [0, 0.05) is 6.20 Å². The molecule has 1 N–H and O–H groups in total. The van der Waals surface area contributed by atoms with Crippen molar-refractivity contribution in [3.05, 3.63) is 54.4 Å². The number of pyridine rings is 1. The zero-order valence-electron chi connectivity index (χ0n) is 9.95. The number of fused-ring (bicyclic) bond motifs is 1. The lowest BCUT2D eigenvalue weighted by molar-refractivity contribution is 0.588. The molecule has 0 aliphatic rings. The van der Waals surface area contributed by atoms with E-state index in [0.29, 0.717) is 16.7 Å². The number of nitrogens with zero attached hydrogens (tertiary/aromatic N) is 2. The summed E-state index contributed by atoms with van der Waals surface area (Å²) in [6, 6.07) is 12.4. The predicted molar refractivity (Wildman–Crippen MR) is 71.2 cm³/mol. The van der Waals surface area contributed by atoms with Crippen LogP contribution in [0.4, 0.5) is 0 Å². The molecule has 0 saturated carbocycles. The third-order valence-electron chi connectivity index (χ3n) is 2.73. The second-order valence-corrected chi connectivity index (χ2v) is 6.04. The summed E-state index contributed by atoms with van der Waals surface area (Å²) in [6.45, 7) is 0. The van der Waals surface area contributed by atoms with Crippen molar-refractivity contribution in [3.8, 4) is 0 Å². The van der Waals surface area contributed by atoms with Crippen molar-refractivity contribution < 1.29 is 8.42 Å². The van der Waals surface area contributed by atoms with Crippen LogP contribution >= 0.6 is 0 Å². The lowest BCUT2D eigenvalue weighted by atomic mass is 10.3. The SMILES string of the molecule is O=S(=O)(Cc1ccccn1)c1nc2ccccc2[nH]1. The lowest BCUT2D eigenvalue weighted by Crippen LogP contribution is -2.07. The van der Waals surface area contributed by atoms with Crippen LogP contribution in [0.1, 0.15) is 5.69 Å². The van der Waals surface area contributed by atoms with Crippen LogP contribution in [0.2, 0.25) is 0 Å². The fourth-order valence-corrected chi connectivity index (χ4v) is 3.02. The van der Waals surface area contributed by atoms with E-state index in [0.717, 1.165) is 0 Å². The normalized spacial score (nSPS) is 11.8. The highest BCUT2D eigenvalue weighted by Crippen LogP contribution is 2.17. The number of nitrogens with one attached hydrogen (secondary N) is 1. The Morgan fingerprint density at radius 2 is 1.84 bits per heavy atom. The summed E-state index contributed by atoms with van der Waals surface area (Å²) in [5.41, 5.74) is 1.85. The maximum Gasteiger partial charge on any atom is 0.226 e. The van der Waals surface area contributed by atoms with E-state index in [4.69, 9.17) is 0 Å². The Balaban J connectivity index is 2.00. The molecule has 5 nitrogen and oxygen atoms in total. The Labute approximate surface area is 110 Å². The number of hydrogen-bond acceptors (Lipinski definition) is 4. The molecule has 0 saturated heterocycles. The number of imidazole rings is 1. The van der Waals surface area contributed by atoms with Crippen molar-refractivity contribution in [2.75, 3.05) is 0 Å². The number of rotatable bonds is 3. The molecule has 19 heavy (non-hydrogen) atoms. The summed E-state index contributed by atoms with van der Waals surface area (Å²) in [6.07, 6.45) is 1.57. The van der Waals surface area contributed by atoms with Crippen molar-refractivity contribution in [1.29, 1.82) is 0 Å². The monoisotopic (exact) mass is 273 g/mol. The van der Waals surface area contributed by atoms with E-state index >= 15 is 0 Å². The van der Waals surface area contributed by atoms with Crippen LogP contribution in [-0.2, 0) is 15.6 Å². The summed E-state index contributed by atoms with van der Waals surface area (Å²) in [5, 5.41) is -0.0145. The molecule has 1 aromatic carbocycles. The van der Waals surface area contributed by atoms with Crippen molar-refractivity contribution in [2.45, 2.75) is 10.9 Å². The molecule has 0 spiro atoms. The van der Waals surface area contributed by atoms with Crippen LogP contribution < -0.4 is 0 Å². The summed E-state index contributed by atoms with van der Waals surface area (Å²) < 4.78 is 24.5. The van der Waals surface area contributed by atoms with Gasteiger partial charge in [-0.2, -0.15) is 0 Å². The Morgan fingerprint density at radius 1 is 1.05 bits per heavy atom. The highest BCUT2D eigenvalue weighted by molar-refractivity contribution is 7.90. The molecule has 2 heterocycles. The minimum absolute atomic E-state index is 0.0145. The molecule has 0 radical (unpaired) electrons.